The summed E-state index contributed by atoms with van der Waals surface area (Å²) in [4.78, 5) is 10.1. The number of ether oxygens (including phenoxy) is 1. The predicted octanol–water partition coefficient (Wildman–Crippen LogP) is 1.79. The first-order chi connectivity index (χ1) is 6.29. The van der Waals surface area contributed by atoms with Crippen molar-refractivity contribution in [2.45, 2.75) is 13.0 Å². The van der Waals surface area contributed by atoms with E-state index in [-0.39, 0.29) is 6.10 Å². The molecule has 0 spiro atoms. The first kappa shape index (κ1) is 9.27. The second-order valence-electron chi connectivity index (χ2n) is 2.57. The molecule has 1 unspecified atom stereocenters. The molecule has 0 aliphatic rings. The van der Waals surface area contributed by atoms with Gasteiger partial charge in [-0.2, -0.15) is 5.26 Å². The van der Waals surface area contributed by atoms with E-state index in [1.165, 1.54) is 0 Å². The highest BCUT2D eigenvalue weighted by Crippen LogP contribution is 2.19. The Morgan fingerprint density at radius 1 is 1.54 bits per heavy atom. The molecule has 66 valence electrons. The Balaban J connectivity index is 2.99. The highest BCUT2D eigenvalue weighted by atomic mass is 16.5. The number of nitrogens with zero attached hydrogens (tertiary/aromatic N) is 1. The number of hydrogen-bond acceptors (Lipinski definition) is 3. The van der Waals surface area contributed by atoms with Crippen LogP contribution in [0.15, 0.2) is 24.3 Å². The van der Waals surface area contributed by atoms with Crippen molar-refractivity contribution in [2.75, 3.05) is 0 Å². The lowest BCUT2D eigenvalue weighted by atomic mass is 10.0. The molecule has 0 N–H and O–H groups in total. The smallest absolute Gasteiger partial charge is 0.293 e. The minimum atomic E-state index is -0.367. The van der Waals surface area contributed by atoms with E-state index in [0.717, 1.165) is 5.56 Å². The Morgan fingerprint density at radius 3 is 2.85 bits per heavy atom. The van der Waals surface area contributed by atoms with Crippen LogP contribution in [0, 0.1) is 11.3 Å². The summed E-state index contributed by atoms with van der Waals surface area (Å²) < 4.78 is 4.74. The maximum Gasteiger partial charge on any atom is 0.293 e. The average molecular weight is 175 g/mol. The average Bonchev–Trinajstić information content (AvgIpc) is 2.18. The number of benzene rings is 1. The fourth-order valence-electron chi connectivity index (χ4n) is 1.11. The van der Waals surface area contributed by atoms with Crippen molar-refractivity contribution in [1.29, 1.82) is 5.26 Å². The quantitative estimate of drug-likeness (QED) is 0.658. The Hall–Kier alpha value is -1.82. The molecule has 0 amide bonds. The second-order valence-corrected chi connectivity index (χ2v) is 2.57. The normalized spacial score (nSPS) is 11.4. The molecule has 13 heavy (non-hydrogen) atoms. The molecule has 0 radical (unpaired) electrons. The third kappa shape index (κ3) is 2.06. The van der Waals surface area contributed by atoms with Crippen LogP contribution in [0.4, 0.5) is 0 Å². The minimum Gasteiger partial charge on any atom is -0.460 e. The van der Waals surface area contributed by atoms with Crippen LogP contribution in [-0.4, -0.2) is 6.47 Å². The van der Waals surface area contributed by atoms with Crippen LogP contribution < -0.4 is 0 Å². The van der Waals surface area contributed by atoms with Gasteiger partial charge in [0.15, 0.2) is 0 Å². The van der Waals surface area contributed by atoms with Crippen LogP contribution in [0.2, 0.25) is 0 Å². The molecule has 1 aromatic rings. The van der Waals surface area contributed by atoms with E-state index in [1.807, 2.05) is 6.07 Å². The van der Waals surface area contributed by atoms with E-state index in [9.17, 15) is 4.79 Å². The van der Waals surface area contributed by atoms with Crippen molar-refractivity contribution >= 4 is 6.47 Å². The number of carbonyl (C=O) groups excluding carboxylic acids is 1. The van der Waals surface area contributed by atoms with Gasteiger partial charge in [-0.3, -0.25) is 4.79 Å². The van der Waals surface area contributed by atoms with Crippen LogP contribution in [0.1, 0.15) is 24.2 Å². The van der Waals surface area contributed by atoms with Crippen molar-refractivity contribution < 1.29 is 9.53 Å². The summed E-state index contributed by atoms with van der Waals surface area (Å²) in [6.07, 6.45) is -0.367. The lowest BCUT2D eigenvalue weighted by molar-refractivity contribution is -0.133. The fourth-order valence-corrected chi connectivity index (χ4v) is 1.11. The van der Waals surface area contributed by atoms with Gasteiger partial charge in [-0.15, -0.1) is 0 Å². The number of rotatable bonds is 3. The molecule has 1 aromatic carbocycles. The largest absolute Gasteiger partial charge is 0.460 e. The van der Waals surface area contributed by atoms with E-state index in [4.69, 9.17) is 10.00 Å². The monoisotopic (exact) mass is 175 g/mol. The van der Waals surface area contributed by atoms with Crippen LogP contribution in [-0.2, 0) is 9.53 Å². The highest BCUT2D eigenvalue weighted by Gasteiger charge is 2.09. The van der Waals surface area contributed by atoms with Gasteiger partial charge in [-0.25, -0.2) is 0 Å². The first-order valence-corrected chi connectivity index (χ1v) is 3.87. The highest BCUT2D eigenvalue weighted by molar-refractivity contribution is 5.42. The second kappa shape index (κ2) is 4.27. The molecule has 0 heterocycles. The van der Waals surface area contributed by atoms with Crippen molar-refractivity contribution in [3.8, 4) is 6.07 Å². The van der Waals surface area contributed by atoms with Crippen molar-refractivity contribution in [3.05, 3.63) is 35.4 Å². The molecular formula is C10H9NO2. The van der Waals surface area contributed by atoms with E-state index in [1.54, 1.807) is 31.2 Å². The van der Waals surface area contributed by atoms with Crippen molar-refractivity contribution in [2.24, 2.45) is 0 Å². The minimum absolute atomic E-state index is 0.367. The lowest BCUT2D eigenvalue weighted by Crippen LogP contribution is -2.00. The van der Waals surface area contributed by atoms with E-state index in [0.29, 0.717) is 12.0 Å². The molecule has 0 saturated heterocycles. The van der Waals surface area contributed by atoms with Crippen LogP contribution in [0.25, 0.3) is 0 Å². The van der Waals surface area contributed by atoms with Crippen molar-refractivity contribution in [3.63, 3.8) is 0 Å². The SMILES string of the molecule is CC(OC=O)c1ccccc1C#N. The van der Waals surface area contributed by atoms with Gasteiger partial charge in [-0.1, -0.05) is 18.2 Å². The zero-order valence-electron chi connectivity index (χ0n) is 7.23. The maximum absolute atomic E-state index is 10.1. The van der Waals surface area contributed by atoms with Crippen LogP contribution >= 0.6 is 0 Å². The summed E-state index contributed by atoms with van der Waals surface area (Å²) in [5, 5.41) is 8.74. The maximum atomic E-state index is 10.1. The van der Waals surface area contributed by atoms with Gasteiger partial charge in [-0.05, 0) is 13.0 Å². The molecular weight excluding hydrogens is 166 g/mol. The predicted molar refractivity (Wildman–Crippen MR) is 46.7 cm³/mol. The summed E-state index contributed by atoms with van der Waals surface area (Å²) in [5.41, 5.74) is 1.27. The summed E-state index contributed by atoms with van der Waals surface area (Å²) >= 11 is 0. The Bertz CT molecular complexity index is 341. The van der Waals surface area contributed by atoms with Crippen LogP contribution in [0.3, 0.4) is 0 Å². The third-order valence-corrected chi connectivity index (χ3v) is 1.78. The molecule has 3 nitrogen and oxygen atoms in total. The Kier molecular flexibility index (Phi) is 3.04. The third-order valence-electron chi connectivity index (χ3n) is 1.78. The topological polar surface area (TPSA) is 50.1 Å². The van der Waals surface area contributed by atoms with Gasteiger partial charge < -0.3 is 4.74 Å². The molecule has 0 bridgehead atoms. The molecule has 3 heteroatoms. The zero-order chi connectivity index (χ0) is 9.68. The van der Waals surface area contributed by atoms with Gasteiger partial charge in [0, 0.05) is 5.56 Å². The number of hydrogen-bond donors (Lipinski definition) is 0. The van der Waals surface area contributed by atoms with Crippen LogP contribution in [0.5, 0.6) is 0 Å². The Morgan fingerprint density at radius 2 is 2.23 bits per heavy atom. The van der Waals surface area contributed by atoms with Gasteiger partial charge in [0.1, 0.15) is 6.10 Å². The molecule has 0 aromatic heterocycles. The lowest BCUT2D eigenvalue weighted by Gasteiger charge is -2.10. The summed E-state index contributed by atoms with van der Waals surface area (Å²) in [6.45, 7) is 2.11. The molecule has 0 aliphatic heterocycles. The van der Waals surface area contributed by atoms with E-state index < -0.39 is 0 Å². The fraction of sp³-hybridized carbons (Fsp3) is 0.200. The van der Waals surface area contributed by atoms with Gasteiger partial charge in [0.2, 0.25) is 0 Å². The molecule has 1 rings (SSSR count). The molecule has 0 aliphatic carbocycles. The summed E-state index contributed by atoms with van der Waals surface area (Å²) in [7, 11) is 0. The van der Waals surface area contributed by atoms with Gasteiger partial charge in [0.25, 0.3) is 6.47 Å². The standard InChI is InChI=1S/C10H9NO2/c1-8(13-7-12)10-5-3-2-4-9(10)6-11/h2-5,7-8H,1H3. The molecule has 1 atom stereocenters. The summed E-state index contributed by atoms with van der Waals surface area (Å²) in [5.74, 6) is 0. The van der Waals surface area contributed by atoms with Crippen molar-refractivity contribution in [1.82, 2.24) is 0 Å². The number of nitriles is 1. The summed E-state index contributed by atoms with van der Waals surface area (Å²) in [6, 6.07) is 9.08. The Labute approximate surface area is 76.6 Å². The number of carbonyl (C=O) groups is 1. The van der Waals surface area contributed by atoms with Gasteiger partial charge >= 0.3 is 0 Å². The van der Waals surface area contributed by atoms with Gasteiger partial charge in [0.05, 0.1) is 11.6 Å². The first-order valence-electron chi connectivity index (χ1n) is 3.87. The zero-order valence-corrected chi connectivity index (χ0v) is 7.23. The van der Waals surface area contributed by atoms with E-state index in [2.05, 4.69) is 0 Å². The molecule has 0 fully saturated rings. The molecule has 0 saturated carbocycles. The van der Waals surface area contributed by atoms with E-state index >= 15 is 0 Å².